The van der Waals surface area contributed by atoms with E-state index in [9.17, 15) is 29.5 Å². The second kappa shape index (κ2) is 36.6. The molecule has 24 nitrogen and oxygen atoms in total. The van der Waals surface area contributed by atoms with Gasteiger partial charge in [-0.15, -0.1) is 0 Å². The maximum atomic E-state index is 15.2. The summed E-state index contributed by atoms with van der Waals surface area (Å²) in [4.78, 5) is 72.8. The van der Waals surface area contributed by atoms with Crippen LogP contribution in [0.15, 0.2) is 120 Å². The highest BCUT2D eigenvalue weighted by molar-refractivity contribution is 7.48. The van der Waals surface area contributed by atoms with Gasteiger partial charge in [0.1, 0.15) is 54.8 Å². The number of nitrogens with zero attached hydrogens (tertiary/aromatic N) is 3. The summed E-state index contributed by atoms with van der Waals surface area (Å²) in [7, 11) is -7.61. The lowest BCUT2D eigenvalue weighted by atomic mass is 9.95. The molecule has 2 saturated heterocycles. The molecule has 1 amide bonds. The van der Waals surface area contributed by atoms with Crippen molar-refractivity contribution in [2.24, 2.45) is 5.11 Å². The minimum Gasteiger partial charge on any atom is -0.462 e. The maximum absolute atomic E-state index is 15.2. The predicted molar refractivity (Wildman–Crippen MR) is 346 cm³/mol. The Balaban J connectivity index is 1.35. The third-order valence-corrected chi connectivity index (χ3v) is 22.7. The molecule has 4 aromatic rings. The van der Waals surface area contributed by atoms with Crippen molar-refractivity contribution in [2.45, 2.75) is 238 Å². The molecule has 514 valence electrons. The van der Waals surface area contributed by atoms with Gasteiger partial charge in [-0.05, 0) is 70.7 Å². The Kier molecular flexibility index (Phi) is 29.2. The summed E-state index contributed by atoms with van der Waals surface area (Å²) in [6, 6.07) is 32.1. The van der Waals surface area contributed by atoms with Crippen LogP contribution in [0.4, 0.5) is 0 Å². The highest BCUT2D eigenvalue weighted by atomic mass is 31.2. The summed E-state index contributed by atoms with van der Waals surface area (Å²) in [6.45, 7) is 17.5. The molecule has 3 heterocycles. The number of phosphoric ester groups is 1. The zero-order chi connectivity index (χ0) is 67.8. The van der Waals surface area contributed by atoms with Gasteiger partial charge in [0.25, 0.3) is 0 Å². The van der Waals surface area contributed by atoms with E-state index in [1.165, 1.54) is 0 Å². The number of nitrogens with one attached hydrogen (secondary N) is 1. The van der Waals surface area contributed by atoms with Crippen molar-refractivity contribution in [1.82, 2.24) is 5.32 Å². The summed E-state index contributed by atoms with van der Waals surface area (Å²) in [6.07, 6.45) is -14.6. The molecule has 3 aliphatic rings. The van der Waals surface area contributed by atoms with E-state index in [0.717, 1.165) is 11.1 Å². The molecule has 94 heavy (non-hydrogen) atoms. The molecule has 0 aliphatic carbocycles. The van der Waals surface area contributed by atoms with Gasteiger partial charge in [-0.25, -0.2) is 4.57 Å². The first-order valence-electron chi connectivity index (χ1n) is 32.4. The van der Waals surface area contributed by atoms with E-state index in [4.69, 9.17) is 65.4 Å². The predicted octanol–water partition coefficient (Wildman–Crippen LogP) is 12.1. The molecule has 4 unspecified atom stereocenters. The zero-order valence-corrected chi connectivity index (χ0v) is 57.4. The van der Waals surface area contributed by atoms with E-state index < -0.39 is 150 Å². The van der Waals surface area contributed by atoms with Crippen LogP contribution in [-0.4, -0.2) is 131 Å². The number of phosphoric acid groups is 1. The average Bonchev–Trinajstić information content (AvgIpc) is 0.864. The second-order valence-corrected chi connectivity index (χ2v) is 31.2. The Labute approximate surface area is 552 Å². The normalized spacial score (nSPS) is 23.8. The molecule has 0 saturated carbocycles. The van der Waals surface area contributed by atoms with E-state index in [2.05, 4.69) is 15.3 Å². The summed E-state index contributed by atoms with van der Waals surface area (Å²) in [5.74, 6) is -3.48. The largest absolute Gasteiger partial charge is 0.475 e. The molecule has 13 atom stereocenters. The molecular weight excluding hydrogens is 1250 g/mol. The van der Waals surface area contributed by atoms with Gasteiger partial charge in [-0.2, -0.15) is 0 Å². The molecular formula is C68H93N4O20PSi. The topological polar surface area (TPSA) is 292 Å². The summed E-state index contributed by atoms with van der Waals surface area (Å²) in [5.41, 5.74) is 14.1. The third-order valence-electron chi connectivity index (χ3n) is 16.8. The van der Waals surface area contributed by atoms with Crippen molar-refractivity contribution in [1.29, 1.82) is 0 Å². The maximum Gasteiger partial charge on any atom is 0.475 e. The number of carbonyl (C=O) groups excluding carboxylic acids is 5. The number of rotatable bonds is 34. The van der Waals surface area contributed by atoms with Crippen LogP contribution in [0.1, 0.15) is 135 Å². The van der Waals surface area contributed by atoms with Crippen LogP contribution < -0.4 is 5.32 Å². The van der Waals surface area contributed by atoms with Crippen LogP contribution >= 0.6 is 7.82 Å². The molecule has 7 rings (SSSR count). The Hall–Kier alpha value is -6.41. The van der Waals surface area contributed by atoms with Gasteiger partial charge in [-0.1, -0.05) is 176 Å². The van der Waals surface area contributed by atoms with Gasteiger partial charge >= 0.3 is 31.7 Å². The fourth-order valence-electron chi connectivity index (χ4n) is 10.3. The standard InChI is InChI=1S/C68H93N4O20PSi/c1-11-50(80-39-46-29-21-17-22-30-46)36-58(76)90-65-61(71-72-69)67(92-94(9,10)68(6,7)8)88-54(62(65)81-40-47-31-23-18-24-32-47)44-82-66-60(70-55(73)35-51(12-2)85-56(74)14-4)64(89-59(77)37-52(13-3)86-57(75)15-5)63(53(87-66)43-79-38-45-27-19-16-20-28-45)91-93(78)83-41-48-33-25-26-34-49(48)42-84-93/h16-34,50-54,60-67H,11-15,35-44H2,1-10H3,(H,70,73)/t50-,51-,52-,53?,54?,60?,61?,62-,63-,64-,65-,66-,67+/m1/s1. The van der Waals surface area contributed by atoms with Crippen molar-refractivity contribution >= 4 is 45.9 Å². The molecule has 2 fully saturated rings. The van der Waals surface area contributed by atoms with Gasteiger partial charge in [0, 0.05) is 17.8 Å². The fourth-order valence-corrected chi connectivity index (χ4v) is 12.8. The summed E-state index contributed by atoms with van der Waals surface area (Å²) >= 11 is 0. The first-order valence-corrected chi connectivity index (χ1v) is 36.7. The number of amides is 1. The highest BCUT2D eigenvalue weighted by Crippen LogP contribution is 2.55. The Bertz CT molecular complexity index is 3110. The Morgan fingerprint density at radius 1 is 0.606 bits per heavy atom. The monoisotopic (exact) mass is 1340 g/mol. The molecule has 3 aliphatic heterocycles. The minimum atomic E-state index is -4.71. The van der Waals surface area contributed by atoms with Gasteiger partial charge in [0.05, 0.1) is 71.6 Å². The summed E-state index contributed by atoms with van der Waals surface area (Å²) in [5, 5.41) is 6.73. The number of ether oxygens (including phenoxy) is 10. The smallest absolute Gasteiger partial charge is 0.462 e. The van der Waals surface area contributed by atoms with E-state index in [1.54, 1.807) is 52.0 Å². The molecule has 0 bridgehead atoms. The lowest BCUT2D eigenvalue weighted by molar-refractivity contribution is -0.301. The molecule has 1 N–H and O–H groups in total. The molecule has 4 aromatic carbocycles. The van der Waals surface area contributed by atoms with E-state index in [0.29, 0.717) is 23.1 Å². The number of hydrogen-bond acceptors (Lipinski definition) is 21. The molecule has 0 spiro atoms. The van der Waals surface area contributed by atoms with E-state index >= 15 is 4.57 Å². The SMILES string of the molecule is CCC(=O)O[C@H](CC)CC(=O)NC1[C@H](OCC2O[C@@H](O[Si](C)(C)C(C)(C)C)C(N=[N+]=[N-])[C@@H](OC(=O)C[C@@H](CC)OCc3ccccc3)[C@@H]2OCc2ccccc2)OC(COCc2ccccc2)[C@@H](OP2(=O)OCc3ccccc3CO2)[C@@H]1OC(=O)C[C@@H](CC)OC(=O)CC. The van der Waals surface area contributed by atoms with Crippen molar-refractivity contribution in [2.75, 3.05) is 13.2 Å². The van der Waals surface area contributed by atoms with Crippen molar-refractivity contribution in [3.63, 3.8) is 0 Å². The number of esters is 4. The first kappa shape index (κ1) is 75.0. The molecule has 26 heteroatoms. The molecule has 0 aromatic heterocycles. The first-order chi connectivity index (χ1) is 45.1. The third kappa shape index (κ3) is 22.3. The zero-order valence-electron chi connectivity index (χ0n) is 55.5. The average molecular weight is 1350 g/mol. The van der Waals surface area contributed by atoms with Gasteiger partial charge in [0.15, 0.2) is 27.0 Å². The van der Waals surface area contributed by atoms with Gasteiger partial charge < -0.3 is 57.1 Å². The lowest BCUT2D eigenvalue weighted by Crippen LogP contribution is -2.67. The number of azide groups is 1. The van der Waals surface area contributed by atoms with Crippen LogP contribution in [0.3, 0.4) is 0 Å². The second-order valence-electron chi connectivity index (χ2n) is 24.8. The van der Waals surface area contributed by atoms with Crippen molar-refractivity contribution in [3.8, 4) is 0 Å². The van der Waals surface area contributed by atoms with Crippen LogP contribution in [-0.2, 0) is 127 Å². The quantitative estimate of drug-likeness (QED) is 0.00864. The Morgan fingerprint density at radius 3 is 1.63 bits per heavy atom. The van der Waals surface area contributed by atoms with E-state index in [1.807, 2.05) is 132 Å². The van der Waals surface area contributed by atoms with Crippen molar-refractivity contribution in [3.05, 3.63) is 154 Å². The lowest BCUT2D eigenvalue weighted by Gasteiger charge is -2.49. The Morgan fingerprint density at radius 2 is 1.10 bits per heavy atom. The van der Waals surface area contributed by atoms with E-state index in [-0.39, 0.29) is 71.7 Å². The minimum absolute atomic E-state index is 0.0234. The van der Waals surface area contributed by atoms with Crippen LogP contribution in [0.5, 0.6) is 0 Å². The van der Waals surface area contributed by atoms with Gasteiger partial charge in [-0.3, -0.25) is 37.5 Å². The highest BCUT2D eigenvalue weighted by Gasteiger charge is 2.56. The van der Waals surface area contributed by atoms with Crippen LogP contribution in [0.25, 0.3) is 10.4 Å². The number of carbonyl (C=O) groups is 5. The van der Waals surface area contributed by atoms with Crippen LogP contribution in [0, 0.1) is 0 Å². The summed E-state index contributed by atoms with van der Waals surface area (Å²) < 4.78 is 105. The van der Waals surface area contributed by atoms with Crippen molar-refractivity contribution < 1.29 is 93.9 Å². The number of hydrogen-bond donors (Lipinski definition) is 1. The number of benzene rings is 4. The van der Waals surface area contributed by atoms with Gasteiger partial charge in [0.2, 0.25) is 5.91 Å². The fraction of sp³-hybridized carbons (Fsp3) is 0.574. The van der Waals surface area contributed by atoms with Crippen LogP contribution in [0.2, 0.25) is 18.1 Å². The molecule has 0 radical (unpaired) electrons. The number of fused-ring (bicyclic) bond motifs is 1.